The lowest BCUT2D eigenvalue weighted by molar-refractivity contribution is -0.384. The number of nitro benzene ring substituents is 1. The van der Waals surface area contributed by atoms with E-state index in [1.807, 2.05) is 19.0 Å². The van der Waals surface area contributed by atoms with E-state index >= 15 is 0 Å². The number of carbonyl (C=O) groups excluding carboxylic acids is 1. The number of benzene rings is 1. The topological polar surface area (TPSA) is 98.3 Å². The highest BCUT2D eigenvalue weighted by atomic mass is 35.5. The third kappa shape index (κ3) is 3.30. The van der Waals surface area contributed by atoms with Gasteiger partial charge in [0.05, 0.1) is 32.8 Å². The second-order valence-corrected chi connectivity index (χ2v) is 7.05. The Morgan fingerprint density at radius 2 is 1.93 bits per heavy atom. The number of aromatic nitrogens is 2. The van der Waals surface area contributed by atoms with Gasteiger partial charge >= 0.3 is 0 Å². The van der Waals surface area contributed by atoms with Crippen molar-refractivity contribution < 1.29 is 9.72 Å². The monoisotopic (exact) mass is 414 g/mol. The second kappa shape index (κ2) is 7.73. The summed E-state index contributed by atoms with van der Waals surface area (Å²) in [6.45, 7) is 1.15. The van der Waals surface area contributed by atoms with Crippen LogP contribution >= 0.6 is 12.4 Å². The summed E-state index contributed by atoms with van der Waals surface area (Å²) < 4.78 is 1.54. The van der Waals surface area contributed by atoms with E-state index < -0.39 is 4.92 Å². The van der Waals surface area contributed by atoms with Gasteiger partial charge in [-0.05, 0) is 45.3 Å². The molecule has 0 radical (unpaired) electrons. The molecular formula is C20H19ClN4O4. The highest BCUT2D eigenvalue weighted by Gasteiger charge is 2.33. The standard InChI is InChI=1S/C20H18N4O4.ClH/c1-22(2)9-4-10-23-18-16(19(25)14-5-3-8-21-17(14)18)13-7-6-12(24(27)28)11-15(13)20(23)26;/h3,5-8,11H,4,9-10H2,1-2H3;1H. The third-order valence-corrected chi connectivity index (χ3v) is 4.96. The van der Waals surface area contributed by atoms with Gasteiger partial charge in [0.2, 0.25) is 0 Å². The summed E-state index contributed by atoms with van der Waals surface area (Å²) in [6, 6.07) is 7.44. The Morgan fingerprint density at radius 1 is 1.17 bits per heavy atom. The summed E-state index contributed by atoms with van der Waals surface area (Å²) in [5.74, 6) is -0.210. The van der Waals surface area contributed by atoms with Crippen LogP contribution < -0.4 is 5.56 Å². The summed E-state index contributed by atoms with van der Waals surface area (Å²) >= 11 is 0. The maximum Gasteiger partial charge on any atom is 0.270 e. The zero-order chi connectivity index (χ0) is 20.0. The first-order chi connectivity index (χ1) is 13.4. The average Bonchev–Trinajstić information content (AvgIpc) is 2.97. The number of hydrogen-bond acceptors (Lipinski definition) is 6. The quantitative estimate of drug-likeness (QED) is 0.368. The van der Waals surface area contributed by atoms with Crippen LogP contribution in [0.4, 0.5) is 5.69 Å². The molecule has 0 N–H and O–H groups in total. The van der Waals surface area contributed by atoms with E-state index in [1.165, 1.54) is 18.2 Å². The van der Waals surface area contributed by atoms with Crippen LogP contribution in [-0.4, -0.2) is 45.8 Å². The van der Waals surface area contributed by atoms with Gasteiger partial charge in [-0.25, -0.2) is 0 Å². The summed E-state index contributed by atoms with van der Waals surface area (Å²) in [4.78, 5) is 43.3. The van der Waals surface area contributed by atoms with Gasteiger partial charge in [0.15, 0.2) is 5.78 Å². The van der Waals surface area contributed by atoms with Gasteiger partial charge in [0, 0.05) is 30.3 Å². The number of fused-ring (bicyclic) bond motifs is 5. The number of nitrogens with zero attached hydrogens (tertiary/aromatic N) is 4. The molecule has 0 saturated carbocycles. The fraction of sp³-hybridized carbons (Fsp3) is 0.250. The molecule has 3 aromatic rings. The molecule has 4 rings (SSSR count). The molecule has 2 heterocycles. The van der Waals surface area contributed by atoms with Crippen molar-refractivity contribution in [3.8, 4) is 11.4 Å². The van der Waals surface area contributed by atoms with Gasteiger partial charge in [0.25, 0.3) is 11.2 Å². The van der Waals surface area contributed by atoms with E-state index in [1.54, 1.807) is 22.9 Å². The molecule has 0 fully saturated rings. The van der Waals surface area contributed by atoms with Crippen molar-refractivity contribution in [2.75, 3.05) is 20.6 Å². The number of non-ortho nitro benzene ring substituents is 1. The molecule has 0 atom stereocenters. The van der Waals surface area contributed by atoms with Crippen LogP contribution in [0.5, 0.6) is 0 Å². The van der Waals surface area contributed by atoms with E-state index in [4.69, 9.17) is 0 Å². The second-order valence-electron chi connectivity index (χ2n) is 7.05. The molecule has 0 amide bonds. The van der Waals surface area contributed by atoms with Gasteiger partial charge in [-0.1, -0.05) is 0 Å². The Labute approximate surface area is 172 Å². The van der Waals surface area contributed by atoms with Crippen molar-refractivity contribution in [2.45, 2.75) is 13.0 Å². The molecule has 1 aromatic carbocycles. The van der Waals surface area contributed by atoms with E-state index in [0.29, 0.717) is 40.9 Å². The fourth-order valence-electron chi connectivity index (χ4n) is 3.70. The van der Waals surface area contributed by atoms with Gasteiger partial charge in [-0.3, -0.25) is 24.7 Å². The summed E-state index contributed by atoms with van der Waals surface area (Å²) in [7, 11) is 3.88. The number of halogens is 1. The minimum atomic E-state index is -0.541. The Morgan fingerprint density at radius 3 is 2.62 bits per heavy atom. The molecule has 0 bridgehead atoms. The minimum Gasteiger partial charge on any atom is -0.309 e. The number of rotatable bonds is 5. The van der Waals surface area contributed by atoms with E-state index in [2.05, 4.69) is 4.98 Å². The highest BCUT2D eigenvalue weighted by molar-refractivity contribution is 6.26. The van der Waals surface area contributed by atoms with Crippen molar-refractivity contribution in [3.63, 3.8) is 0 Å². The van der Waals surface area contributed by atoms with Crippen LogP contribution in [0, 0.1) is 10.1 Å². The van der Waals surface area contributed by atoms with Crippen molar-refractivity contribution in [3.05, 3.63) is 68.1 Å². The van der Waals surface area contributed by atoms with Crippen molar-refractivity contribution in [1.82, 2.24) is 14.5 Å². The smallest absolute Gasteiger partial charge is 0.270 e. The third-order valence-electron chi connectivity index (χ3n) is 4.96. The Hall–Kier alpha value is -3.10. The first-order valence-corrected chi connectivity index (χ1v) is 8.90. The Bertz CT molecular complexity index is 1200. The highest BCUT2D eigenvalue weighted by Crippen LogP contribution is 2.38. The Kier molecular flexibility index (Phi) is 5.50. The van der Waals surface area contributed by atoms with Crippen LogP contribution in [0.3, 0.4) is 0 Å². The molecule has 0 spiro atoms. The minimum absolute atomic E-state index is 0. The van der Waals surface area contributed by atoms with E-state index in [0.717, 1.165) is 6.54 Å². The van der Waals surface area contributed by atoms with Gasteiger partial charge in [0.1, 0.15) is 0 Å². The number of carbonyl (C=O) groups is 1. The average molecular weight is 415 g/mol. The number of ketones is 1. The zero-order valence-electron chi connectivity index (χ0n) is 15.9. The zero-order valence-corrected chi connectivity index (χ0v) is 16.7. The molecular weight excluding hydrogens is 396 g/mol. The van der Waals surface area contributed by atoms with E-state index in [9.17, 15) is 19.7 Å². The van der Waals surface area contributed by atoms with Crippen molar-refractivity contribution in [2.24, 2.45) is 0 Å². The molecule has 0 unspecified atom stereocenters. The lowest BCUT2D eigenvalue weighted by Crippen LogP contribution is -2.25. The molecule has 0 saturated heterocycles. The largest absolute Gasteiger partial charge is 0.309 e. The summed E-state index contributed by atoms with van der Waals surface area (Å²) in [5.41, 5.74) is 1.32. The van der Waals surface area contributed by atoms with Crippen LogP contribution in [0.1, 0.15) is 22.3 Å². The van der Waals surface area contributed by atoms with Crippen LogP contribution in [0.15, 0.2) is 41.3 Å². The summed E-state index contributed by atoms with van der Waals surface area (Å²) in [6.07, 6.45) is 2.28. The first-order valence-electron chi connectivity index (χ1n) is 8.90. The van der Waals surface area contributed by atoms with Crippen molar-refractivity contribution >= 4 is 34.7 Å². The SMILES string of the molecule is CN(C)CCCn1c2c(c3ccc([N+](=O)[O-])cc3c1=O)C(=O)c1cccnc1-2.Cl. The van der Waals surface area contributed by atoms with E-state index in [-0.39, 0.29) is 34.8 Å². The number of hydrogen-bond donors (Lipinski definition) is 0. The van der Waals surface area contributed by atoms with Crippen molar-refractivity contribution in [1.29, 1.82) is 0 Å². The van der Waals surface area contributed by atoms with Crippen LogP contribution in [0.25, 0.3) is 22.2 Å². The molecule has 1 aliphatic rings. The molecule has 8 nitrogen and oxygen atoms in total. The maximum atomic E-state index is 13.2. The predicted octanol–water partition coefficient (Wildman–Crippen LogP) is 2.89. The lowest BCUT2D eigenvalue weighted by Gasteiger charge is -2.16. The molecule has 1 aliphatic carbocycles. The van der Waals surface area contributed by atoms with Crippen LogP contribution in [0.2, 0.25) is 0 Å². The molecule has 2 aromatic heterocycles. The van der Waals surface area contributed by atoms with Gasteiger partial charge < -0.3 is 9.47 Å². The molecule has 29 heavy (non-hydrogen) atoms. The number of nitro groups is 1. The fourth-order valence-corrected chi connectivity index (χ4v) is 3.70. The molecule has 150 valence electrons. The van der Waals surface area contributed by atoms with Gasteiger partial charge in [-0.2, -0.15) is 0 Å². The molecule has 9 heteroatoms. The maximum absolute atomic E-state index is 13.2. The first kappa shape index (κ1) is 20.6. The van der Waals surface area contributed by atoms with Crippen LogP contribution in [-0.2, 0) is 6.54 Å². The lowest BCUT2D eigenvalue weighted by atomic mass is 10.0. The summed E-state index contributed by atoms with van der Waals surface area (Å²) in [5, 5.41) is 11.8. The number of pyridine rings is 2. The predicted molar refractivity (Wildman–Crippen MR) is 112 cm³/mol. The normalized spacial score (nSPS) is 12.0. The van der Waals surface area contributed by atoms with Gasteiger partial charge in [-0.15, -0.1) is 12.4 Å². The Balaban J connectivity index is 0.00000240. The molecule has 0 aliphatic heterocycles.